The van der Waals surface area contributed by atoms with Crippen LogP contribution in [0.25, 0.3) is 0 Å². The molecule has 2 aliphatic heterocycles. The molecule has 4 heterocycles. The van der Waals surface area contributed by atoms with Crippen molar-refractivity contribution in [1.29, 1.82) is 0 Å². The summed E-state index contributed by atoms with van der Waals surface area (Å²) in [6.45, 7) is 12.4. The Morgan fingerprint density at radius 2 is 1.17 bits per heavy atom. The van der Waals surface area contributed by atoms with Crippen LogP contribution < -0.4 is 4.90 Å². The van der Waals surface area contributed by atoms with E-state index < -0.39 is 0 Å². The van der Waals surface area contributed by atoms with Gasteiger partial charge < -0.3 is 13.9 Å². The van der Waals surface area contributed by atoms with Gasteiger partial charge in [-0.15, -0.1) is 10.2 Å². The molecule has 9 heteroatoms. The maximum Gasteiger partial charge on any atom is 0.137 e. The number of likely N-dealkylation sites (tertiary alicyclic amines) is 2. The van der Waals surface area contributed by atoms with Gasteiger partial charge in [-0.25, -0.2) is 0 Å². The molecule has 5 rings (SSSR count). The van der Waals surface area contributed by atoms with Gasteiger partial charge in [0.15, 0.2) is 0 Å². The van der Waals surface area contributed by atoms with Gasteiger partial charge in [0.25, 0.3) is 0 Å². The second-order valence-electron chi connectivity index (χ2n) is 11.6. The molecule has 9 nitrogen and oxygen atoms in total. The number of hydrogen-bond acceptors (Lipinski definition) is 5. The molecule has 2 saturated heterocycles. The summed E-state index contributed by atoms with van der Waals surface area (Å²) in [6, 6.07) is 8.80. The molecule has 0 spiro atoms. The van der Waals surface area contributed by atoms with E-state index in [0.29, 0.717) is 0 Å². The lowest BCUT2D eigenvalue weighted by Gasteiger charge is -2.27. The summed E-state index contributed by atoms with van der Waals surface area (Å²) < 4.78 is 6.19. The zero-order valence-electron chi connectivity index (χ0n) is 22.4. The van der Waals surface area contributed by atoms with Crippen molar-refractivity contribution in [2.75, 3.05) is 58.3 Å². The Labute approximate surface area is 215 Å². The van der Waals surface area contributed by atoms with Crippen molar-refractivity contribution in [2.45, 2.75) is 58.8 Å². The molecule has 36 heavy (non-hydrogen) atoms. The van der Waals surface area contributed by atoms with Crippen LogP contribution in [0.2, 0.25) is 0 Å². The number of rotatable bonds is 11. The molecule has 0 atom stereocenters. The molecular formula is C27H43N9+2. The summed E-state index contributed by atoms with van der Waals surface area (Å²) in [4.78, 5) is 2.42. The van der Waals surface area contributed by atoms with E-state index >= 15 is 0 Å². The van der Waals surface area contributed by atoms with Crippen LogP contribution in [0.3, 0.4) is 0 Å². The fraction of sp³-hybridized carbons (Fsp3) is 0.630. The van der Waals surface area contributed by atoms with E-state index in [1.807, 2.05) is 9.36 Å². The minimum absolute atomic E-state index is 0.809. The van der Waals surface area contributed by atoms with Crippen molar-refractivity contribution in [3.63, 3.8) is 0 Å². The quantitative estimate of drug-likeness (QED) is 0.385. The van der Waals surface area contributed by atoms with E-state index in [4.69, 9.17) is 0 Å². The number of quaternary nitrogens is 2. The molecular weight excluding hydrogens is 450 g/mol. The number of anilines is 1. The van der Waals surface area contributed by atoms with E-state index in [9.17, 15) is 0 Å². The fourth-order valence-corrected chi connectivity index (χ4v) is 5.91. The van der Waals surface area contributed by atoms with E-state index in [1.54, 1.807) is 0 Å². The van der Waals surface area contributed by atoms with Crippen LogP contribution in [-0.2, 0) is 26.2 Å². The third-order valence-electron chi connectivity index (χ3n) is 8.15. The first kappa shape index (κ1) is 24.9. The molecule has 0 radical (unpaired) electrons. The Balaban J connectivity index is 1.20. The van der Waals surface area contributed by atoms with Gasteiger partial charge in [-0.1, -0.05) is 28.1 Å². The van der Waals surface area contributed by atoms with Crippen molar-refractivity contribution in [3.8, 4) is 0 Å². The van der Waals surface area contributed by atoms with Gasteiger partial charge in [-0.2, -0.15) is 0 Å². The topological polar surface area (TPSA) is 64.7 Å². The summed E-state index contributed by atoms with van der Waals surface area (Å²) in [5.74, 6) is 0. The Morgan fingerprint density at radius 1 is 0.722 bits per heavy atom. The van der Waals surface area contributed by atoms with Crippen LogP contribution in [0.4, 0.5) is 5.69 Å². The van der Waals surface area contributed by atoms with E-state index in [0.717, 1.165) is 59.6 Å². The van der Waals surface area contributed by atoms with Gasteiger partial charge in [0.05, 0.1) is 65.8 Å². The molecule has 0 saturated carbocycles. The van der Waals surface area contributed by atoms with Crippen molar-refractivity contribution in [3.05, 3.63) is 53.6 Å². The van der Waals surface area contributed by atoms with Gasteiger partial charge in [0.1, 0.15) is 24.5 Å². The Morgan fingerprint density at radius 3 is 1.61 bits per heavy atom. The van der Waals surface area contributed by atoms with Crippen LogP contribution in [0, 0.1) is 6.92 Å². The maximum atomic E-state index is 4.49. The molecule has 194 valence electrons. The van der Waals surface area contributed by atoms with E-state index in [-0.39, 0.29) is 0 Å². The van der Waals surface area contributed by atoms with Crippen molar-refractivity contribution < 1.29 is 8.97 Å². The van der Waals surface area contributed by atoms with Crippen LogP contribution in [-0.4, -0.2) is 92.3 Å². The number of aryl methyl sites for hydroxylation is 1. The third kappa shape index (κ3) is 6.31. The summed E-state index contributed by atoms with van der Waals surface area (Å²) in [5, 5.41) is 17.9. The SMILES string of the molecule is Cc1ccc(N(CCn2cc(C[N+]3(C)CCCC3)nn2)CCn2cc(C[N+]3(C)CCCC3)nn2)cc1. The average molecular weight is 494 g/mol. The number of aromatic nitrogens is 6. The highest BCUT2D eigenvalue weighted by Crippen LogP contribution is 2.21. The van der Waals surface area contributed by atoms with Gasteiger partial charge in [-0.3, -0.25) is 9.36 Å². The van der Waals surface area contributed by atoms with Crippen LogP contribution in [0.5, 0.6) is 0 Å². The predicted octanol–water partition coefficient (Wildman–Crippen LogP) is 2.87. The molecule has 1 aromatic carbocycles. The largest absolute Gasteiger partial charge is 0.368 e. The summed E-state index contributed by atoms with van der Waals surface area (Å²) >= 11 is 0. The number of benzene rings is 1. The first-order chi connectivity index (χ1) is 17.4. The Kier molecular flexibility index (Phi) is 7.39. The lowest BCUT2D eigenvalue weighted by molar-refractivity contribution is -0.911. The second kappa shape index (κ2) is 10.7. The lowest BCUT2D eigenvalue weighted by atomic mass is 10.2. The molecule has 2 fully saturated rings. The Hall–Kier alpha value is -2.78. The minimum atomic E-state index is 0.809. The Bertz CT molecular complexity index is 1040. The van der Waals surface area contributed by atoms with Gasteiger partial charge in [-0.05, 0) is 19.1 Å². The predicted molar refractivity (Wildman–Crippen MR) is 141 cm³/mol. The molecule has 2 aliphatic rings. The van der Waals surface area contributed by atoms with E-state index in [2.05, 4.69) is 83.2 Å². The van der Waals surface area contributed by atoms with Gasteiger partial charge in [0, 0.05) is 44.5 Å². The molecule has 3 aromatic rings. The highest BCUT2D eigenvalue weighted by molar-refractivity contribution is 5.47. The molecule has 0 aliphatic carbocycles. The monoisotopic (exact) mass is 493 g/mol. The second-order valence-corrected chi connectivity index (χ2v) is 11.6. The normalized spacial score (nSPS) is 18.6. The molecule has 0 N–H and O–H groups in total. The molecule has 0 amide bonds. The fourth-order valence-electron chi connectivity index (χ4n) is 5.91. The standard InChI is InChI=1S/C27H43N9/c1-24-8-10-27(11-9-24)32(12-14-33-20-25(28-30-33)22-35(2)16-4-5-17-35)13-15-34-21-26(29-31-34)23-36(3)18-6-7-19-36/h8-11,20-21H,4-7,12-19,22-23H2,1-3H3/q+2. The maximum absolute atomic E-state index is 4.49. The van der Waals surface area contributed by atoms with Crippen LogP contribution in [0.1, 0.15) is 42.6 Å². The zero-order valence-corrected chi connectivity index (χ0v) is 22.4. The molecule has 0 bridgehead atoms. The van der Waals surface area contributed by atoms with Crippen molar-refractivity contribution >= 4 is 5.69 Å². The molecule has 2 aromatic heterocycles. The highest BCUT2D eigenvalue weighted by Gasteiger charge is 2.29. The van der Waals surface area contributed by atoms with E-state index in [1.165, 1.54) is 63.1 Å². The minimum Gasteiger partial charge on any atom is -0.368 e. The molecule has 0 unspecified atom stereocenters. The first-order valence-corrected chi connectivity index (χ1v) is 13.6. The third-order valence-corrected chi connectivity index (χ3v) is 8.15. The zero-order chi connectivity index (χ0) is 25.0. The van der Waals surface area contributed by atoms with Crippen molar-refractivity contribution in [2.24, 2.45) is 0 Å². The van der Waals surface area contributed by atoms with Crippen LogP contribution >= 0.6 is 0 Å². The highest BCUT2D eigenvalue weighted by atomic mass is 15.5. The van der Waals surface area contributed by atoms with Gasteiger partial charge >= 0.3 is 0 Å². The van der Waals surface area contributed by atoms with Gasteiger partial charge in [0.2, 0.25) is 0 Å². The summed E-state index contributed by atoms with van der Waals surface area (Å²) in [7, 11) is 4.68. The summed E-state index contributed by atoms with van der Waals surface area (Å²) in [5.41, 5.74) is 4.71. The van der Waals surface area contributed by atoms with Crippen LogP contribution in [0.15, 0.2) is 36.7 Å². The lowest BCUT2D eigenvalue weighted by Crippen LogP contribution is -2.39. The summed E-state index contributed by atoms with van der Waals surface area (Å²) in [6.07, 6.45) is 9.56. The average Bonchev–Trinajstić information content (AvgIpc) is 3.65. The first-order valence-electron chi connectivity index (χ1n) is 13.6. The van der Waals surface area contributed by atoms with Crippen molar-refractivity contribution in [1.82, 2.24) is 30.0 Å². The number of nitrogens with zero attached hydrogens (tertiary/aromatic N) is 9. The smallest absolute Gasteiger partial charge is 0.137 e. The number of hydrogen-bond donors (Lipinski definition) is 0.